The molecule has 0 N–H and O–H groups in total. The molecular weight excluding hydrogens is 432 g/mol. The summed E-state index contributed by atoms with van der Waals surface area (Å²) in [6, 6.07) is 14.5. The van der Waals surface area contributed by atoms with E-state index >= 15 is 0 Å². The van der Waals surface area contributed by atoms with Gasteiger partial charge in [-0.05, 0) is 30.7 Å². The van der Waals surface area contributed by atoms with Crippen LogP contribution in [0.2, 0.25) is 5.02 Å². The maximum absolute atomic E-state index is 13.0. The summed E-state index contributed by atoms with van der Waals surface area (Å²) in [6.45, 7) is 2.96. The van der Waals surface area contributed by atoms with E-state index in [0.29, 0.717) is 40.3 Å². The monoisotopic (exact) mass is 454 g/mol. The second-order valence-corrected chi connectivity index (χ2v) is 7.76. The predicted molar refractivity (Wildman–Crippen MR) is 119 cm³/mol. The lowest BCUT2D eigenvalue weighted by molar-refractivity contribution is -0.132. The van der Waals surface area contributed by atoms with Crippen LogP contribution in [0.3, 0.4) is 0 Å². The Hall–Kier alpha value is -3.39. The summed E-state index contributed by atoms with van der Waals surface area (Å²) < 4.78 is 11.2. The van der Waals surface area contributed by atoms with Crippen LogP contribution >= 0.6 is 11.6 Å². The first-order chi connectivity index (χ1) is 15.6. The Morgan fingerprint density at radius 1 is 1.16 bits per heavy atom. The Morgan fingerprint density at radius 3 is 2.75 bits per heavy atom. The third-order valence-corrected chi connectivity index (χ3v) is 5.43. The molecule has 0 radical (unpaired) electrons. The highest BCUT2D eigenvalue weighted by Gasteiger charge is 2.26. The van der Waals surface area contributed by atoms with Crippen LogP contribution < -0.4 is 9.64 Å². The fraction of sp³-hybridized carbons (Fsp3) is 0.304. The molecule has 0 unspecified atom stereocenters. The highest BCUT2D eigenvalue weighted by Crippen LogP contribution is 2.31. The van der Waals surface area contributed by atoms with Gasteiger partial charge in [0, 0.05) is 19.5 Å². The first-order valence-corrected chi connectivity index (χ1v) is 10.8. The molecule has 8 nitrogen and oxygen atoms in total. The van der Waals surface area contributed by atoms with Crippen molar-refractivity contribution in [3.05, 3.63) is 59.4 Å². The SMILES string of the molecule is CCCN(Cc1nnc(-c2ccccc2Cl)o1)C(=O)CCN1C(=O)COc2ccccc21. The van der Waals surface area contributed by atoms with Gasteiger partial charge in [0.15, 0.2) is 6.61 Å². The van der Waals surface area contributed by atoms with Gasteiger partial charge in [0.2, 0.25) is 17.7 Å². The van der Waals surface area contributed by atoms with Crippen LogP contribution in [0.5, 0.6) is 5.75 Å². The fourth-order valence-corrected chi connectivity index (χ4v) is 3.77. The van der Waals surface area contributed by atoms with Gasteiger partial charge in [-0.25, -0.2) is 0 Å². The minimum Gasteiger partial charge on any atom is -0.482 e. The summed E-state index contributed by atoms with van der Waals surface area (Å²) in [4.78, 5) is 28.6. The number of rotatable bonds is 8. The number of hydrogen-bond donors (Lipinski definition) is 0. The van der Waals surface area contributed by atoms with Crippen molar-refractivity contribution in [1.82, 2.24) is 15.1 Å². The Bertz CT molecular complexity index is 1120. The van der Waals surface area contributed by atoms with Gasteiger partial charge >= 0.3 is 0 Å². The number of nitrogens with zero attached hydrogens (tertiary/aromatic N) is 4. The molecule has 166 valence electrons. The molecule has 1 aliphatic heterocycles. The van der Waals surface area contributed by atoms with Crippen LogP contribution in [-0.4, -0.2) is 46.6 Å². The molecule has 0 atom stereocenters. The van der Waals surface area contributed by atoms with Crippen molar-refractivity contribution in [1.29, 1.82) is 0 Å². The summed E-state index contributed by atoms with van der Waals surface area (Å²) in [5.41, 5.74) is 1.32. The number of anilines is 1. The van der Waals surface area contributed by atoms with Gasteiger partial charge in [-0.3, -0.25) is 9.59 Å². The van der Waals surface area contributed by atoms with E-state index < -0.39 is 0 Å². The maximum atomic E-state index is 13.0. The van der Waals surface area contributed by atoms with Crippen LogP contribution in [-0.2, 0) is 16.1 Å². The number of carbonyl (C=O) groups excluding carboxylic acids is 2. The van der Waals surface area contributed by atoms with Crippen LogP contribution in [0.15, 0.2) is 52.9 Å². The average molecular weight is 455 g/mol. The van der Waals surface area contributed by atoms with Crippen LogP contribution in [0.1, 0.15) is 25.7 Å². The van der Waals surface area contributed by atoms with Gasteiger partial charge in [-0.2, -0.15) is 0 Å². The predicted octanol–water partition coefficient (Wildman–Crippen LogP) is 3.94. The number of ether oxygens (including phenoxy) is 1. The molecule has 9 heteroatoms. The molecule has 1 aromatic heterocycles. The molecule has 0 bridgehead atoms. The van der Waals surface area contributed by atoms with Gasteiger partial charge in [-0.1, -0.05) is 42.8 Å². The Morgan fingerprint density at radius 2 is 1.94 bits per heavy atom. The van der Waals surface area contributed by atoms with Gasteiger partial charge in [-0.15, -0.1) is 10.2 Å². The number of hydrogen-bond acceptors (Lipinski definition) is 6. The lowest BCUT2D eigenvalue weighted by Crippen LogP contribution is -2.41. The minimum absolute atomic E-state index is 0.0311. The molecule has 0 spiro atoms. The molecule has 2 heterocycles. The summed E-state index contributed by atoms with van der Waals surface area (Å²) >= 11 is 6.20. The normalized spacial score (nSPS) is 12.9. The van der Waals surface area contributed by atoms with Crippen LogP contribution in [0.25, 0.3) is 11.5 Å². The first-order valence-electron chi connectivity index (χ1n) is 10.4. The highest BCUT2D eigenvalue weighted by atomic mass is 35.5. The third-order valence-electron chi connectivity index (χ3n) is 5.10. The third kappa shape index (κ3) is 4.75. The van der Waals surface area contributed by atoms with Gasteiger partial charge in [0.05, 0.1) is 22.8 Å². The molecule has 32 heavy (non-hydrogen) atoms. The summed E-state index contributed by atoms with van der Waals surface area (Å²) in [5, 5.41) is 8.66. The Labute approximate surface area is 190 Å². The molecule has 2 aromatic carbocycles. The van der Waals surface area contributed by atoms with Gasteiger partial charge in [0.25, 0.3) is 5.91 Å². The van der Waals surface area contributed by atoms with Crippen molar-refractivity contribution < 1.29 is 18.7 Å². The summed E-state index contributed by atoms with van der Waals surface area (Å²) in [7, 11) is 0. The first kappa shape index (κ1) is 21.8. The van der Waals surface area contributed by atoms with E-state index in [9.17, 15) is 9.59 Å². The fourth-order valence-electron chi connectivity index (χ4n) is 3.55. The van der Waals surface area contributed by atoms with E-state index in [0.717, 1.165) is 6.42 Å². The smallest absolute Gasteiger partial charge is 0.265 e. The average Bonchev–Trinajstić information content (AvgIpc) is 3.26. The summed E-state index contributed by atoms with van der Waals surface area (Å²) in [5.74, 6) is 1.02. The minimum atomic E-state index is -0.167. The molecule has 3 aromatic rings. The molecule has 0 fully saturated rings. The molecule has 0 saturated carbocycles. The number of fused-ring (bicyclic) bond motifs is 1. The quantitative estimate of drug-likeness (QED) is 0.512. The van der Waals surface area contributed by atoms with E-state index in [4.69, 9.17) is 20.8 Å². The van der Waals surface area contributed by atoms with Crippen molar-refractivity contribution in [3.63, 3.8) is 0 Å². The lowest BCUT2D eigenvalue weighted by atomic mass is 10.2. The van der Waals surface area contributed by atoms with Crippen molar-refractivity contribution >= 4 is 29.1 Å². The Balaban J connectivity index is 1.43. The topological polar surface area (TPSA) is 88.8 Å². The highest BCUT2D eigenvalue weighted by molar-refractivity contribution is 6.33. The molecule has 1 aliphatic rings. The zero-order valence-electron chi connectivity index (χ0n) is 17.7. The second-order valence-electron chi connectivity index (χ2n) is 7.35. The van der Waals surface area contributed by atoms with Gasteiger partial charge in [0.1, 0.15) is 5.75 Å². The van der Waals surface area contributed by atoms with Crippen molar-refractivity contribution in [2.24, 2.45) is 0 Å². The van der Waals surface area contributed by atoms with E-state index in [1.165, 1.54) is 0 Å². The second kappa shape index (κ2) is 9.82. The number of amides is 2. The van der Waals surface area contributed by atoms with Crippen molar-refractivity contribution in [2.45, 2.75) is 26.3 Å². The molecule has 0 saturated heterocycles. The van der Waals surface area contributed by atoms with Gasteiger partial charge < -0.3 is 19.0 Å². The number of para-hydroxylation sites is 2. The molecule has 4 rings (SSSR count). The van der Waals surface area contributed by atoms with Crippen molar-refractivity contribution in [2.75, 3.05) is 24.6 Å². The summed E-state index contributed by atoms with van der Waals surface area (Å²) in [6.07, 6.45) is 0.947. The zero-order valence-corrected chi connectivity index (χ0v) is 18.4. The van der Waals surface area contributed by atoms with Crippen LogP contribution in [0.4, 0.5) is 5.69 Å². The maximum Gasteiger partial charge on any atom is 0.265 e. The molecular formula is C23H23ClN4O4. The standard InChI is InChI=1S/C23H23ClN4O4/c1-2-12-27(14-20-25-26-23(32-20)16-7-3-4-8-17(16)24)21(29)11-13-28-18-9-5-6-10-19(18)31-15-22(28)30/h3-10H,2,11-15H2,1H3. The Kier molecular flexibility index (Phi) is 6.70. The number of halogens is 1. The molecule has 2 amide bonds. The van der Waals surface area contributed by atoms with E-state index in [-0.39, 0.29) is 37.9 Å². The largest absolute Gasteiger partial charge is 0.482 e. The number of benzene rings is 2. The van der Waals surface area contributed by atoms with Crippen LogP contribution in [0, 0.1) is 0 Å². The van der Waals surface area contributed by atoms with E-state index in [1.807, 2.05) is 43.3 Å². The zero-order chi connectivity index (χ0) is 22.5. The van der Waals surface area contributed by atoms with E-state index in [1.54, 1.807) is 21.9 Å². The number of carbonyl (C=O) groups is 2. The van der Waals surface area contributed by atoms with Crippen molar-refractivity contribution in [3.8, 4) is 17.2 Å². The lowest BCUT2D eigenvalue weighted by Gasteiger charge is -2.30. The van der Waals surface area contributed by atoms with E-state index in [2.05, 4.69) is 10.2 Å². The molecule has 0 aliphatic carbocycles. The number of aromatic nitrogens is 2.